The molecule has 0 saturated heterocycles. The molecule has 80 valence electrons. The summed E-state index contributed by atoms with van der Waals surface area (Å²) < 4.78 is 1.89. The van der Waals surface area contributed by atoms with Gasteiger partial charge in [0.15, 0.2) is 0 Å². The second-order valence-electron chi connectivity index (χ2n) is 3.45. The van der Waals surface area contributed by atoms with E-state index in [1.165, 1.54) is 0 Å². The van der Waals surface area contributed by atoms with Gasteiger partial charge in [0, 0.05) is 18.5 Å². The van der Waals surface area contributed by atoms with Gasteiger partial charge in [-0.25, -0.2) is 4.98 Å². The maximum absolute atomic E-state index is 5.95. The third-order valence-electron chi connectivity index (χ3n) is 2.34. The Balaban J connectivity index is 2.23. The fourth-order valence-corrected chi connectivity index (χ4v) is 2.40. The topological polar surface area (TPSA) is 43.3 Å². The number of anilines is 1. The Hall–Kier alpha value is -1.52. The summed E-state index contributed by atoms with van der Waals surface area (Å²) in [5.41, 5.74) is 8.04. The first kappa shape index (κ1) is 9.69. The van der Waals surface area contributed by atoms with Crippen LogP contribution in [0.1, 0.15) is 0 Å². The SMILES string of the molecule is Nc1cn2cc(-c3cccs3)nc2cc1Cl. The number of hydrogen-bond acceptors (Lipinski definition) is 3. The van der Waals surface area contributed by atoms with Crippen LogP contribution in [0, 0.1) is 0 Å². The zero-order valence-electron chi connectivity index (χ0n) is 8.22. The fraction of sp³-hybridized carbons (Fsp3) is 0. The number of nitrogens with zero attached hydrogens (tertiary/aromatic N) is 2. The molecule has 0 amide bonds. The number of thiophene rings is 1. The summed E-state index contributed by atoms with van der Waals surface area (Å²) in [6, 6.07) is 5.82. The molecular weight excluding hydrogens is 242 g/mol. The second-order valence-corrected chi connectivity index (χ2v) is 4.80. The van der Waals surface area contributed by atoms with Gasteiger partial charge >= 0.3 is 0 Å². The van der Waals surface area contributed by atoms with Crippen LogP contribution in [0.25, 0.3) is 16.2 Å². The van der Waals surface area contributed by atoms with Gasteiger partial charge in [-0.05, 0) is 11.4 Å². The number of fused-ring (bicyclic) bond motifs is 1. The van der Waals surface area contributed by atoms with Crippen molar-refractivity contribution in [1.82, 2.24) is 9.38 Å². The highest BCUT2D eigenvalue weighted by Gasteiger charge is 2.06. The van der Waals surface area contributed by atoms with E-state index in [2.05, 4.69) is 4.98 Å². The first-order valence-electron chi connectivity index (χ1n) is 4.71. The molecule has 0 unspecified atom stereocenters. The lowest BCUT2D eigenvalue weighted by Crippen LogP contribution is -1.90. The van der Waals surface area contributed by atoms with Gasteiger partial charge in [0.2, 0.25) is 0 Å². The van der Waals surface area contributed by atoms with Crippen molar-refractivity contribution < 1.29 is 0 Å². The summed E-state index contributed by atoms with van der Waals surface area (Å²) in [5, 5.41) is 2.57. The van der Waals surface area contributed by atoms with E-state index in [9.17, 15) is 0 Å². The summed E-state index contributed by atoms with van der Waals surface area (Å²) in [7, 11) is 0. The minimum absolute atomic E-state index is 0.538. The van der Waals surface area contributed by atoms with Crippen molar-refractivity contribution in [2.45, 2.75) is 0 Å². The van der Waals surface area contributed by atoms with E-state index in [4.69, 9.17) is 17.3 Å². The molecule has 16 heavy (non-hydrogen) atoms. The minimum Gasteiger partial charge on any atom is -0.396 e. The van der Waals surface area contributed by atoms with E-state index < -0.39 is 0 Å². The third-order valence-corrected chi connectivity index (χ3v) is 3.56. The monoisotopic (exact) mass is 249 g/mol. The standard InChI is InChI=1S/C11H8ClN3S/c12-7-4-11-14-9(10-2-1-3-16-10)6-15(11)5-8(7)13/h1-6H,13H2. The zero-order chi connectivity index (χ0) is 11.1. The molecule has 0 spiro atoms. The number of hydrogen-bond donors (Lipinski definition) is 1. The average molecular weight is 250 g/mol. The summed E-state index contributed by atoms with van der Waals surface area (Å²) in [6.07, 6.45) is 3.73. The van der Waals surface area contributed by atoms with Gasteiger partial charge in [-0.3, -0.25) is 0 Å². The molecule has 0 aliphatic rings. The van der Waals surface area contributed by atoms with E-state index in [0.29, 0.717) is 10.7 Å². The summed E-state index contributed by atoms with van der Waals surface area (Å²) in [5.74, 6) is 0. The van der Waals surface area contributed by atoms with Crippen molar-refractivity contribution in [2.75, 3.05) is 5.73 Å². The number of pyridine rings is 1. The summed E-state index contributed by atoms with van der Waals surface area (Å²) in [6.45, 7) is 0. The maximum atomic E-state index is 5.95. The highest BCUT2D eigenvalue weighted by Crippen LogP contribution is 2.26. The first-order valence-corrected chi connectivity index (χ1v) is 5.97. The lowest BCUT2D eigenvalue weighted by Gasteiger charge is -1.97. The van der Waals surface area contributed by atoms with Crippen molar-refractivity contribution in [3.05, 3.63) is 41.0 Å². The van der Waals surface area contributed by atoms with Gasteiger partial charge in [0.25, 0.3) is 0 Å². The Bertz CT molecular complexity index is 604. The molecule has 0 aliphatic carbocycles. The Morgan fingerprint density at radius 2 is 2.25 bits per heavy atom. The minimum atomic E-state index is 0.538. The van der Waals surface area contributed by atoms with Crippen LogP contribution in [0.5, 0.6) is 0 Å². The van der Waals surface area contributed by atoms with Crippen LogP contribution in [0.4, 0.5) is 5.69 Å². The molecule has 0 atom stereocenters. The highest BCUT2D eigenvalue weighted by molar-refractivity contribution is 7.13. The lowest BCUT2D eigenvalue weighted by atomic mass is 10.4. The fourth-order valence-electron chi connectivity index (χ4n) is 1.57. The Labute approximate surface area is 101 Å². The first-order chi connectivity index (χ1) is 7.74. The average Bonchev–Trinajstić information content (AvgIpc) is 2.86. The molecule has 0 aromatic carbocycles. The van der Waals surface area contributed by atoms with Crippen LogP contribution in [0.3, 0.4) is 0 Å². The number of nitrogen functional groups attached to an aromatic ring is 1. The predicted molar refractivity (Wildman–Crippen MR) is 67.9 cm³/mol. The van der Waals surface area contributed by atoms with E-state index in [0.717, 1.165) is 16.2 Å². The van der Waals surface area contributed by atoms with Gasteiger partial charge < -0.3 is 10.1 Å². The van der Waals surface area contributed by atoms with Crippen LogP contribution in [0.2, 0.25) is 5.02 Å². The normalized spacial score (nSPS) is 11.1. The summed E-state index contributed by atoms with van der Waals surface area (Å²) in [4.78, 5) is 5.63. The maximum Gasteiger partial charge on any atom is 0.139 e. The van der Waals surface area contributed by atoms with Crippen LogP contribution >= 0.6 is 22.9 Å². The molecule has 0 aliphatic heterocycles. The van der Waals surface area contributed by atoms with Crippen LogP contribution in [-0.2, 0) is 0 Å². The third kappa shape index (κ3) is 1.47. The zero-order valence-corrected chi connectivity index (χ0v) is 9.79. The van der Waals surface area contributed by atoms with Crippen LogP contribution in [0.15, 0.2) is 36.0 Å². The Morgan fingerprint density at radius 3 is 3.00 bits per heavy atom. The number of imidazole rings is 1. The molecule has 5 heteroatoms. The van der Waals surface area contributed by atoms with Crippen molar-refractivity contribution in [3.63, 3.8) is 0 Å². The largest absolute Gasteiger partial charge is 0.396 e. The van der Waals surface area contributed by atoms with Gasteiger partial charge in [-0.2, -0.15) is 0 Å². The number of halogens is 1. The van der Waals surface area contributed by atoms with Crippen molar-refractivity contribution in [2.24, 2.45) is 0 Å². The van der Waals surface area contributed by atoms with Gasteiger partial charge in [-0.1, -0.05) is 17.7 Å². The van der Waals surface area contributed by atoms with E-state index in [1.807, 2.05) is 28.1 Å². The number of nitrogens with two attached hydrogens (primary N) is 1. The number of aromatic nitrogens is 2. The molecule has 3 nitrogen and oxygen atoms in total. The quantitative estimate of drug-likeness (QED) is 0.719. The Kier molecular flexibility index (Phi) is 2.12. The predicted octanol–water partition coefficient (Wildman–Crippen LogP) is 3.30. The van der Waals surface area contributed by atoms with Crippen molar-refractivity contribution >= 4 is 34.3 Å². The Morgan fingerprint density at radius 1 is 1.38 bits per heavy atom. The summed E-state index contributed by atoms with van der Waals surface area (Å²) >= 11 is 7.61. The smallest absolute Gasteiger partial charge is 0.139 e. The molecule has 3 rings (SSSR count). The van der Waals surface area contributed by atoms with Gasteiger partial charge in [-0.15, -0.1) is 11.3 Å². The van der Waals surface area contributed by atoms with E-state index in [1.54, 1.807) is 23.6 Å². The molecule has 0 radical (unpaired) electrons. The van der Waals surface area contributed by atoms with E-state index in [-0.39, 0.29) is 0 Å². The molecule has 3 aromatic heterocycles. The molecule has 0 bridgehead atoms. The van der Waals surface area contributed by atoms with Crippen molar-refractivity contribution in [1.29, 1.82) is 0 Å². The lowest BCUT2D eigenvalue weighted by molar-refractivity contribution is 1.19. The van der Waals surface area contributed by atoms with E-state index >= 15 is 0 Å². The molecule has 3 heterocycles. The molecule has 3 aromatic rings. The molecule has 0 fully saturated rings. The molecule has 0 saturated carbocycles. The molecule has 2 N–H and O–H groups in total. The number of rotatable bonds is 1. The van der Waals surface area contributed by atoms with Gasteiger partial charge in [0.1, 0.15) is 5.65 Å². The van der Waals surface area contributed by atoms with Gasteiger partial charge in [0.05, 0.1) is 21.3 Å². The van der Waals surface area contributed by atoms with Crippen LogP contribution in [-0.4, -0.2) is 9.38 Å². The second kappa shape index (κ2) is 3.50. The highest BCUT2D eigenvalue weighted by atomic mass is 35.5. The van der Waals surface area contributed by atoms with Crippen molar-refractivity contribution in [3.8, 4) is 10.6 Å². The molecular formula is C11H8ClN3S. The van der Waals surface area contributed by atoms with Crippen LogP contribution < -0.4 is 5.73 Å².